The maximum Gasteiger partial charge on any atom is 0.307 e. The number of rotatable bonds is 5. The highest BCUT2D eigenvalue weighted by molar-refractivity contribution is 5.79. The molecule has 1 aromatic heterocycles. The van der Waals surface area contributed by atoms with Gasteiger partial charge in [0.2, 0.25) is 0 Å². The topological polar surface area (TPSA) is 44.1 Å². The van der Waals surface area contributed by atoms with Gasteiger partial charge in [0.25, 0.3) is 0 Å². The Morgan fingerprint density at radius 3 is 2.48 bits per heavy atom. The van der Waals surface area contributed by atoms with Crippen molar-refractivity contribution in [3.05, 3.63) is 66.5 Å². The minimum atomic E-state index is -0.247. The van der Waals surface area contributed by atoms with Gasteiger partial charge in [-0.05, 0) is 12.1 Å². The van der Waals surface area contributed by atoms with Crippen molar-refractivity contribution >= 4 is 5.97 Å². The zero-order chi connectivity index (χ0) is 17.6. The van der Waals surface area contributed by atoms with Crippen LogP contribution < -0.4 is 0 Å². The van der Waals surface area contributed by atoms with Gasteiger partial charge < -0.3 is 9.30 Å². The Hall–Kier alpha value is -3.32. The number of carbonyl (C=O) groups excluding carboxylic acids is 1. The first-order valence-electron chi connectivity index (χ1n) is 7.97. The third-order valence-electron chi connectivity index (χ3n) is 3.99. The molecule has 4 heteroatoms. The molecule has 0 radical (unpaired) electrons. The third-order valence-corrected chi connectivity index (χ3v) is 3.99. The van der Waals surface area contributed by atoms with E-state index < -0.39 is 0 Å². The second kappa shape index (κ2) is 7.50. The Bertz CT molecular complexity index is 903. The fraction of sp³-hybridized carbons (Fsp3) is 0.143. The fourth-order valence-corrected chi connectivity index (χ4v) is 2.70. The Labute approximate surface area is 147 Å². The molecule has 0 atom stereocenters. The number of benzene rings is 2. The third kappa shape index (κ3) is 3.61. The number of terminal acetylenes is 1. The largest absolute Gasteiger partial charge is 0.469 e. The molecule has 0 aliphatic rings. The normalized spacial score (nSPS) is 10.2. The van der Waals surface area contributed by atoms with E-state index in [1.54, 1.807) is 6.33 Å². The molecule has 124 valence electrons. The van der Waals surface area contributed by atoms with E-state index in [2.05, 4.69) is 10.9 Å². The predicted octanol–water partition coefficient (Wildman–Crippen LogP) is 3.76. The predicted molar refractivity (Wildman–Crippen MR) is 97.7 cm³/mol. The van der Waals surface area contributed by atoms with Crippen molar-refractivity contribution in [2.45, 2.75) is 13.0 Å². The molecule has 0 fully saturated rings. The van der Waals surface area contributed by atoms with E-state index in [0.29, 0.717) is 6.54 Å². The molecular formula is C21H18N2O2. The summed E-state index contributed by atoms with van der Waals surface area (Å²) in [5.74, 6) is 2.38. The molecule has 0 saturated carbocycles. The molecule has 0 amide bonds. The highest BCUT2D eigenvalue weighted by Gasteiger charge is 2.15. The molecule has 0 unspecified atom stereocenters. The van der Waals surface area contributed by atoms with Gasteiger partial charge in [-0.3, -0.25) is 4.79 Å². The number of imidazole rings is 1. The first kappa shape index (κ1) is 16.5. The summed E-state index contributed by atoms with van der Waals surface area (Å²) < 4.78 is 6.72. The van der Waals surface area contributed by atoms with Crippen LogP contribution in [0.1, 0.15) is 12.0 Å². The monoisotopic (exact) mass is 330 g/mol. The van der Waals surface area contributed by atoms with Crippen LogP contribution >= 0.6 is 0 Å². The van der Waals surface area contributed by atoms with Gasteiger partial charge in [-0.25, -0.2) is 4.98 Å². The fourth-order valence-electron chi connectivity index (χ4n) is 2.70. The van der Waals surface area contributed by atoms with Crippen LogP contribution in [0.4, 0.5) is 0 Å². The smallest absolute Gasteiger partial charge is 0.307 e. The first-order chi connectivity index (χ1) is 12.2. The van der Waals surface area contributed by atoms with Crippen molar-refractivity contribution in [3.63, 3.8) is 0 Å². The summed E-state index contributed by atoms with van der Waals surface area (Å²) in [6.07, 6.45) is 7.49. The van der Waals surface area contributed by atoms with Crippen LogP contribution in [-0.2, 0) is 16.1 Å². The number of ether oxygens (including phenoxy) is 1. The number of hydrogen-bond acceptors (Lipinski definition) is 3. The second-order valence-electron chi connectivity index (χ2n) is 5.55. The van der Waals surface area contributed by atoms with Crippen molar-refractivity contribution < 1.29 is 9.53 Å². The summed E-state index contributed by atoms with van der Waals surface area (Å²) in [4.78, 5) is 16.1. The van der Waals surface area contributed by atoms with Gasteiger partial charge in [0.15, 0.2) is 0 Å². The molecule has 3 rings (SSSR count). The number of aryl methyl sites for hydroxylation is 1. The number of carbonyl (C=O) groups is 1. The quantitative estimate of drug-likeness (QED) is 0.528. The van der Waals surface area contributed by atoms with E-state index in [9.17, 15) is 4.79 Å². The Balaban J connectivity index is 2.05. The van der Waals surface area contributed by atoms with E-state index in [0.717, 1.165) is 28.1 Å². The standard InChI is InChI=1S/C21H18N2O2/c1-3-16-9-11-18(12-10-16)21-20(17-7-5-4-6-8-17)22-15-23(21)14-13-19(24)25-2/h1,4-12,15H,13-14H2,2H3. The zero-order valence-electron chi connectivity index (χ0n) is 14.0. The van der Waals surface area contributed by atoms with E-state index in [-0.39, 0.29) is 12.4 Å². The maximum absolute atomic E-state index is 11.5. The maximum atomic E-state index is 11.5. The molecule has 1 heterocycles. The minimum Gasteiger partial charge on any atom is -0.469 e. The molecular weight excluding hydrogens is 312 g/mol. The van der Waals surface area contributed by atoms with Crippen LogP contribution in [0.5, 0.6) is 0 Å². The highest BCUT2D eigenvalue weighted by Crippen LogP contribution is 2.31. The van der Waals surface area contributed by atoms with Crippen LogP contribution in [-0.4, -0.2) is 22.6 Å². The molecule has 0 spiro atoms. The zero-order valence-corrected chi connectivity index (χ0v) is 14.0. The molecule has 4 nitrogen and oxygen atoms in total. The van der Waals surface area contributed by atoms with Gasteiger partial charge >= 0.3 is 5.97 Å². The van der Waals surface area contributed by atoms with Crippen LogP contribution in [0, 0.1) is 12.3 Å². The Morgan fingerprint density at radius 1 is 1.12 bits per heavy atom. The van der Waals surface area contributed by atoms with Crippen LogP contribution in [0.25, 0.3) is 22.5 Å². The van der Waals surface area contributed by atoms with E-state index in [1.165, 1.54) is 7.11 Å². The molecule has 2 aromatic carbocycles. The summed E-state index contributed by atoms with van der Waals surface area (Å²) in [6, 6.07) is 17.7. The first-order valence-corrected chi connectivity index (χ1v) is 7.97. The van der Waals surface area contributed by atoms with Crippen LogP contribution in [0.15, 0.2) is 60.9 Å². The number of aromatic nitrogens is 2. The summed E-state index contributed by atoms with van der Waals surface area (Å²) in [5.41, 5.74) is 4.68. The molecule has 0 saturated heterocycles. The van der Waals surface area contributed by atoms with Crippen LogP contribution in [0.2, 0.25) is 0 Å². The summed E-state index contributed by atoms with van der Waals surface area (Å²) in [7, 11) is 1.39. The number of nitrogens with zero attached hydrogens (tertiary/aromatic N) is 2. The van der Waals surface area contributed by atoms with E-state index in [1.807, 2.05) is 59.2 Å². The van der Waals surface area contributed by atoms with Crippen molar-refractivity contribution in [2.24, 2.45) is 0 Å². The van der Waals surface area contributed by atoms with Crippen molar-refractivity contribution in [3.8, 4) is 34.9 Å². The van der Waals surface area contributed by atoms with Gasteiger partial charge in [-0.2, -0.15) is 0 Å². The SMILES string of the molecule is C#Cc1ccc(-c2c(-c3ccccc3)ncn2CCC(=O)OC)cc1. The lowest BCUT2D eigenvalue weighted by Gasteiger charge is -2.10. The Kier molecular flexibility index (Phi) is 4.96. The summed E-state index contributed by atoms with van der Waals surface area (Å²) in [6.45, 7) is 0.499. The summed E-state index contributed by atoms with van der Waals surface area (Å²) >= 11 is 0. The van der Waals surface area contributed by atoms with Gasteiger partial charge in [0.1, 0.15) is 0 Å². The Morgan fingerprint density at radius 2 is 1.84 bits per heavy atom. The van der Waals surface area contributed by atoms with Crippen LogP contribution in [0.3, 0.4) is 0 Å². The molecule has 3 aromatic rings. The number of hydrogen-bond donors (Lipinski definition) is 0. The summed E-state index contributed by atoms with van der Waals surface area (Å²) in [5, 5.41) is 0. The van der Waals surface area contributed by atoms with E-state index >= 15 is 0 Å². The number of esters is 1. The van der Waals surface area contributed by atoms with Crippen molar-refractivity contribution in [1.29, 1.82) is 0 Å². The lowest BCUT2D eigenvalue weighted by molar-refractivity contribution is -0.140. The minimum absolute atomic E-state index is 0.247. The molecule has 25 heavy (non-hydrogen) atoms. The number of methoxy groups -OCH3 is 1. The second-order valence-corrected chi connectivity index (χ2v) is 5.55. The van der Waals surface area contributed by atoms with Crippen molar-refractivity contribution in [2.75, 3.05) is 7.11 Å². The van der Waals surface area contributed by atoms with Gasteiger partial charge in [-0.15, -0.1) is 6.42 Å². The average Bonchev–Trinajstić information content (AvgIpc) is 3.10. The molecule has 0 N–H and O–H groups in total. The highest BCUT2D eigenvalue weighted by atomic mass is 16.5. The molecule has 0 aliphatic carbocycles. The van der Waals surface area contributed by atoms with Gasteiger partial charge in [0.05, 0.1) is 31.2 Å². The molecule has 0 bridgehead atoms. The van der Waals surface area contributed by atoms with E-state index in [4.69, 9.17) is 11.2 Å². The average molecular weight is 330 g/mol. The van der Waals surface area contributed by atoms with Gasteiger partial charge in [0, 0.05) is 23.2 Å². The van der Waals surface area contributed by atoms with Crippen molar-refractivity contribution in [1.82, 2.24) is 9.55 Å². The lowest BCUT2D eigenvalue weighted by atomic mass is 10.0. The molecule has 0 aliphatic heterocycles. The van der Waals surface area contributed by atoms with Gasteiger partial charge in [-0.1, -0.05) is 48.4 Å². The lowest BCUT2D eigenvalue weighted by Crippen LogP contribution is -2.07.